The second-order valence-electron chi connectivity index (χ2n) is 4.33. The van der Waals surface area contributed by atoms with Gasteiger partial charge in [-0.05, 0) is 17.7 Å². The van der Waals surface area contributed by atoms with E-state index in [4.69, 9.17) is 4.74 Å². The third-order valence-electron chi connectivity index (χ3n) is 3.27. The van der Waals surface area contributed by atoms with E-state index in [0.717, 1.165) is 5.56 Å². The Morgan fingerprint density at radius 1 is 1.39 bits per heavy atom. The number of methoxy groups -OCH3 is 1. The average molecular weight is 249 g/mol. The van der Waals surface area contributed by atoms with E-state index in [9.17, 15) is 14.7 Å². The molecule has 96 valence electrons. The summed E-state index contributed by atoms with van der Waals surface area (Å²) in [6.07, 6.45) is 0.212. The number of carbonyl (C=O) groups excluding carboxylic acids is 1. The smallest absolute Gasteiger partial charge is 0.308 e. The number of ether oxygens (including phenoxy) is 1. The first kappa shape index (κ1) is 12.4. The molecule has 1 saturated heterocycles. The fourth-order valence-corrected chi connectivity index (χ4v) is 2.24. The lowest BCUT2D eigenvalue weighted by Gasteiger charge is -2.29. The molecule has 1 amide bonds. The van der Waals surface area contributed by atoms with Crippen LogP contribution in [0.4, 0.5) is 0 Å². The number of amides is 1. The van der Waals surface area contributed by atoms with E-state index in [-0.39, 0.29) is 24.8 Å². The highest BCUT2D eigenvalue weighted by Crippen LogP contribution is 2.31. The molecule has 1 aliphatic heterocycles. The second kappa shape index (κ2) is 5.08. The summed E-state index contributed by atoms with van der Waals surface area (Å²) in [5, 5.41) is 11.8. The van der Waals surface area contributed by atoms with Crippen molar-refractivity contribution in [3.63, 3.8) is 0 Å². The number of piperidine rings is 1. The predicted octanol–water partition coefficient (Wildman–Crippen LogP) is 0.999. The van der Waals surface area contributed by atoms with Crippen LogP contribution in [-0.2, 0) is 9.59 Å². The van der Waals surface area contributed by atoms with Crippen LogP contribution in [0.25, 0.3) is 0 Å². The van der Waals surface area contributed by atoms with Crippen LogP contribution in [0, 0.1) is 5.92 Å². The molecular formula is C13H15NO4. The molecule has 0 spiro atoms. The third kappa shape index (κ3) is 2.45. The molecule has 2 N–H and O–H groups in total. The molecule has 1 aromatic carbocycles. The third-order valence-corrected chi connectivity index (χ3v) is 3.27. The first-order valence-electron chi connectivity index (χ1n) is 5.75. The maximum Gasteiger partial charge on any atom is 0.308 e. The summed E-state index contributed by atoms with van der Waals surface area (Å²) >= 11 is 0. The van der Waals surface area contributed by atoms with Crippen molar-refractivity contribution in [2.24, 2.45) is 5.92 Å². The van der Waals surface area contributed by atoms with Crippen molar-refractivity contribution in [1.82, 2.24) is 5.32 Å². The van der Waals surface area contributed by atoms with E-state index in [1.54, 1.807) is 19.2 Å². The predicted molar refractivity (Wildman–Crippen MR) is 64.5 cm³/mol. The Kier molecular flexibility index (Phi) is 3.50. The van der Waals surface area contributed by atoms with Gasteiger partial charge >= 0.3 is 5.97 Å². The summed E-state index contributed by atoms with van der Waals surface area (Å²) in [4.78, 5) is 22.6. The van der Waals surface area contributed by atoms with E-state index in [1.165, 1.54) is 0 Å². The molecule has 0 aromatic heterocycles. The Morgan fingerprint density at radius 3 is 2.61 bits per heavy atom. The SMILES string of the molecule is COc1ccc(C2CC(=O)NCC2C(=O)O)cc1. The molecular weight excluding hydrogens is 234 g/mol. The molecule has 0 aliphatic carbocycles. The van der Waals surface area contributed by atoms with Gasteiger partial charge in [-0.1, -0.05) is 12.1 Å². The monoisotopic (exact) mass is 249 g/mol. The maximum absolute atomic E-state index is 11.4. The van der Waals surface area contributed by atoms with Gasteiger partial charge in [0.25, 0.3) is 0 Å². The number of hydrogen-bond donors (Lipinski definition) is 2. The molecule has 5 heteroatoms. The first-order chi connectivity index (χ1) is 8.61. The summed E-state index contributed by atoms with van der Waals surface area (Å²) < 4.78 is 5.06. The van der Waals surface area contributed by atoms with Gasteiger partial charge < -0.3 is 15.2 Å². The van der Waals surface area contributed by atoms with Crippen LogP contribution in [0.15, 0.2) is 24.3 Å². The summed E-state index contributed by atoms with van der Waals surface area (Å²) in [7, 11) is 1.57. The van der Waals surface area contributed by atoms with Crippen LogP contribution >= 0.6 is 0 Å². The topological polar surface area (TPSA) is 75.6 Å². The Hall–Kier alpha value is -2.04. The van der Waals surface area contributed by atoms with Crippen LogP contribution in [-0.4, -0.2) is 30.6 Å². The van der Waals surface area contributed by atoms with Gasteiger partial charge in [-0.15, -0.1) is 0 Å². The van der Waals surface area contributed by atoms with Gasteiger partial charge in [0.05, 0.1) is 13.0 Å². The molecule has 1 fully saturated rings. The quantitative estimate of drug-likeness (QED) is 0.838. The van der Waals surface area contributed by atoms with Crippen LogP contribution in [0.1, 0.15) is 17.9 Å². The van der Waals surface area contributed by atoms with Crippen molar-refractivity contribution in [2.75, 3.05) is 13.7 Å². The highest BCUT2D eigenvalue weighted by Gasteiger charge is 2.35. The molecule has 0 radical (unpaired) electrons. The zero-order chi connectivity index (χ0) is 13.1. The van der Waals surface area contributed by atoms with Crippen LogP contribution < -0.4 is 10.1 Å². The number of aliphatic carboxylic acids is 1. The molecule has 2 rings (SSSR count). The summed E-state index contributed by atoms with van der Waals surface area (Å²) in [6.45, 7) is 0.185. The summed E-state index contributed by atoms with van der Waals surface area (Å²) in [6, 6.07) is 7.19. The van der Waals surface area contributed by atoms with Gasteiger partial charge in [-0.2, -0.15) is 0 Å². The fraction of sp³-hybridized carbons (Fsp3) is 0.385. The lowest BCUT2D eigenvalue weighted by molar-refractivity contribution is -0.144. The lowest BCUT2D eigenvalue weighted by atomic mass is 9.81. The molecule has 2 unspecified atom stereocenters. The molecule has 0 saturated carbocycles. The van der Waals surface area contributed by atoms with Gasteiger partial charge in [0.2, 0.25) is 5.91 Å². The van der Waals surface area contributed by atoms with E-state index in [0.29, 0.717) is 5.75 Å². The van der Waals surface area contributed by atoms with Crippen molar-refractivity contribution >= 4 is 11.9 Å². The van der Waals surface area contributed by atoms with E-state index in [1.807, 2.05) is 12.1 Å². The minimum atomic E-state index is -0.879. The number of benzene rings is 1. The van der Waals surface area contributed by atoms with Gasteiger partial charge in [-0.25, -0.2) is 0 Å². The molecule has 1 heterocycles. The molecule has 2 atom stereocenters. The van der Waals surface area contributed by atoms with Gasteiger partial charge in [0.1, 0.15) is 5.75 Å². The highest BCUT2D eigenvalue weighted by molar-refractivity contribution is 5.82. The van der Waals surface area contributed by atoms with Gasteiger partial charge in [0.15, 0.2) is 0 Å². The fourth-order valence-electron chi connectivity index (χ4n) is 2.24. The standard InChI is InChI=1S/C13H15NO4/c1-18-9-4-2-8(3-5-9)10-6-12(15)14-7-11(10)13(16)17/h2-5,10-11H,6-7H2,1H3,(H,14,15)(H,16,17). The number of carboxylic acids is 1. The maximum atomic E-state index is 11.4. The Morgan fingerprint density at radius 2 is 2.06 bits per heavy atom. The first-order valence-corrected chi connectivity index (χ1v) is 5.75. The Bertz CT molecular complexity index is 455. The Labute approximate surface area is 105 Å². The van der Waals surface area contributed by atoms with E-state index in [2.05, 4.69) is 5.32 Å². The minimum absolute atomic E-state index is 0.103. The van der Waals surface area contributed by atoms with Crippen molar-refractivity contribution in [3.8, 4) is 5.75 Å². The van der Waals surface area contributed by atoms with Crippen molar-refractivity contribution in [1.29, 1.82) is 0 Å². The highest BCUT2D eigenvalue weighted by atomic mass is 16.5. The zero-order valence-corrected chi connectivity index (χ0v) is 10.1. The molecule has 5 nitrogen and oxygen atoms in total. The van der Waals surface area contributed by atoms with E-state index < -0.39 is 11.9 Å². The average Bonchev–Trinajstić information content (AvgIpc) is 2.38. The molecule has 0 bridgehead atoms. The van der Waals surface area contributed by atoms with E-state index >= 15 is 0 Å². The van der Waals surface area contributed by atoms with Crippen molar-refractivity contribution in [2.45, 2.75) is 12.3 Å². The largest absolute Gasteiger partial charge is 0.497 e. The normalized spacial score (nSPS) is 23.3. The number of rotatable bonds is 3. The lowest BCUT2D eigenvalue weighted by Crippen LogP contribution is -2.43. The number of hydrogen-bond acceptors (Lipinski definition) is 3. The zero-order valence-electron chi connectivity index (χ0n) is 10.1. The minimum Gasteiger partial charge on any atom is -0.497 e. The Balaban J connectivity index is 2.25. The van der Waals surface area contributed by atoms with Crippen LogP contribution in [0.5, 0.6) is 5.75 Å². The van der Waals surface area contributed by atoms with Crippen LogP contribution in [0.2, 0.25) is 0 Å². The van der Waals surface area contributed by atoms with Crippen molar-refractivity contribution in [3.05, 3.63) is 29.8 Å². The molecule has 1 aromatic rings. The number of nitrogens with one attached hydrogen (secondary N) is 1. The van der Waals surface area contributed by atoms with Crippen molar-refractivity contribution < 1.29 is 19.4 Å². The molecule has 1 aliphatic rings. The second-order valence-corrected chi connectivity index (χ2v) is 4.33. The van der Waals surface area contributed by atoms with Crippen LogP contribution in [0.3, 0.4) is 0 Å². The molecule has 18 heavy (non-hydrogen) atoms. The summed E-state index contributed by atoms with van der Waals surface area (Å²) in [5.74, 6) is -1.12. The van der Waals surface area contributed by atoms with Gasteiger partial charge in [-0.3, -0.25) is 9.59 Å². The number of carboxylic acid groups (broad SMARTS) is 1. The summed E-state index contributed by atoms with van der Waals surface area (Å²) in [5.41, 5.74) is 0.859. The number of carbonyl (C=O) groups is 2. The van der Waals surface area contributed by atoms with Gasteiger partial charge in [0, 0.05) is 18.9 Å².